The van der Waals surface area contributed by atoms with Gasteiger partial charge in [0.05, 0.1) is 13.2 Å². The molecule has 0 aliphatic heterocycles. The van der Waals surface area contributed by atoms with Gasteiger partial charge in [-0.2, -0.15) is 103 Å². The molecule has 0 spiro atoms. The monoisotopic (exact) mass is 820 g/mol. The van der Waals surface area contributed by atoms with Crippen molar-refractivity contribution >= 4 is 39.2 Å². The topological polar surface area (TPSA) is 134 Å². The van der Waals surface area contributed by atoms with E-state index in [1.807, 2.05) is 0 Å². The lowest BCUT2D eigenvalue weighted by Crippen LogP contribution is -2.61. The first kappa shape index (κ1) is 46.7. The summed E-state index contributed by atoms with van der Waals surface area (Å²) in [6.07, 6.45) is -19.4. The third-order valence-corrected chi connectivity index (χ3v) is 8.98. The fourth-order valence-corrected chi connectivity index (χ4v) is 6.31. The summed E-state index contributed by atoms with van der Waals surface area (Å²) < 4.78 is 265. The number of alkyl halides is 18. The van der Waals surface area contributed by atoms with Crippen molar-refractivity contribution in [3.63, 3.8) is 0 Å². The van der Waals surface area contributed by atoms with Gasteiger partial charge in [0.25, 0.3) is 0 Å². The summed E-state index contributed by atoms with van der Waals surface area (Å²) >= 11 is -0.429. The molecule has 0 radical (unpaired) electrons. The van der Waals surface area contributed by atoms with E-state index in [9.17, 15) is 88.2 Å². The normalized spacial score (nSPS) is 15.8. The molecule has 47 heavy (non-hydrogen) atoms. The highest BCUT2D eigenvalue weighted by atomic mass is 32.2. The smallest absolute Gasteiger partial charge is 0.303 e. The highest BCUT2D eigenvalue weighted by Crippen LogP contribution is 2.56. The molecule has 0 aliphatic rings. The number of thioether (sulfide) groups is 2. The molecule has 0 fully saturated rings. The number of halogens is 18. The van der Waals surface area contributed by atoms with E-state index in [4.69, 9.17) is 19.6 Å². The molecule has 0 unspecified atom stereocenters. The first-order valence-corrected chi connectivity index (χ1v) is 16.7. The van der Waals surface area contributed by atoms with Gasteiger partial charge in [-0.3, -0.25) is 9.05 Å². The molecular weight excluding hydrogens is 800 g/mol. The maximum Gasteiger partial charge on any atom is 0.469 e. The first-order valence-electron chi connectivity index (χ1n) is 11.3. The predicted octanol–water partition coefficient (Wildman–Crippen LogP) is 7.37. The van der Waals surface area contributed by atoms with Gasteiger partial charge in [0.2, 0.25) is 0 Å². The minimum atomic E-state index is -7.29. The highest BCUT2D eigenvalue weighted by molar-refractivity contribution is 8.00. The van der Waals surface area contributed by atoms with Crippen LogP contribution < -0.4 is 0 Å². The molecule has 0 amide bonds. The third kappa shape index (κ3) is 11.9. The fraction of sp³-hybridized carbons (Fsp3) is 1.00. The van der Waals surface area contributed by atoms with E-state index < -0.39 is 118 Å². The van der Waals surface area contributed by atoms with Crippen molar-refractivity contribution in [2.75, 3.05) is 36.2 Å². The summed E-state index contributed by atoms with van der Waals surface area (Å²) in [6, 6.07) is 0. The van der Waals surface area contributed by atoms with Crippen molar-refractivity contribution in [3.8, 4) is 0 Å². The summed E-state index contributed by atoms with van der Waals surface area (Å²) in [7, 11) is -11.3. The van der Waals surface area contributed by atoms with Gasteiger partial charge in [-0.1, -0.05) is 0 Å². The van der Waals surface area contributed by atoms with Gasteiger partial charge < -0.3 is 19.6 Å². The minimum Gasteiger partial charge on any atom is -0.303 e. The van der Waals surface area contributed by atoms with Crippen LogP contribution in [0, 0.1) is 5.41 Å². The molecule has 0 atom stereocenters. The van der Waals surface area contributed by atoms with Gasteiger partial charge in [-0.15, -0.1) is 0 Å². The van der Waals surface area contributed by atoms with E-state index in [1.54, 1.807) is 0 Å². The van der Waals surface area contributed by atoms with Crippen LogP contribution in [0.4, 0.5) is 79.0 Å². The number of hydrogen-bond acceptors (Lipinski definition) is 6. The second-order valence-electron chi connectivity index (χ2n) is 9.34. The number of phosphoric acid groups is 2. The maximum atomic E-state index is 13.8. The number of rotatable bonds is 20. The van der Waals surface area contributed by atoms with Crippen molar-refractivity contribution in [1.29, 1.82) is 0 Å². The van der Waals surface area contributed by atoms with Gasteiger partial charge in [0.1, 0.15) is 0 Å². The largest absolute Gasteiger partial charge is 0.469 e. The van der Waals surface area contributed by atoms with Crippen LogP contribution >= 0.6 is 39.2 Å². The van der Waals surface area contributed by atoms with Crippen LogP contribution in [-0.4, -0.2) is 104 Å². The van der Waals surface area contributed by atoms with Crippen molar-refractivity contribution in [2.45, 2.75) is 60.7 Å². The maximum absolute atomic E-state index is 13.8. The molecule has 30 heteroatoms. The second-order valence-corrected chi connectivity index (χ2v) is 14.0. The Hall–Kier alpha value is -0.340. The van der Waals surface area contributed by atoms with Gasteiger partial charge in [-0.05, 0) is 11.5 Å². The summed E-state index contributed by atoms with van der Waals surface area (Å²) in [5.74, 6) is -46.6. The van der Waals surface area contributed by atoms with Gasteiger partial charge in [-0.25, -0.2) is 9.13 Å². The summed E-state index contributed by atoms with van der Waals surface area (Å²) in [5.41, 5.74) is -2.56. The standard InChI is InChI=1S/C17H20F18O8P2S2/c18-10(19,12(22,23)14(26,27)16(30,31)32)1-3-46-7-9(5-42-44(36,37)38,6-43-45(39,40)41)8-47-4-2-11(20,21)13(24,25)15(28,29)17(33,34)35/h1-8H2,(H2,36,37,38)(H2,39,40,41). The molecule has 0 bridgehead atoms. The van der Waals surface area contributed by atoms with Gasteiger partial charge in [0, 0.05) is 29.8 Å². The Labute approximate surface area is 258 Å². The van der Waals surface area contributed by atoms with E-state index in [0.29, 0.717) is 0 Å². The minimum absolute atomic E-state index is 0.215. The molecule has 0 heterocycles. The van der Waals surface area contributed by atoms with Crippen LogP contribution in [0.1, 0.15) is 12.8 Å². The van der Waals surface area contributed by atoms with Crippen molar-refractivity contribution in [1.82, 2.24) is 0 Å². The fourth-order valence-electron chi connectivity index (χ4n) is 2.80. The lowest BCUT2D eigenvalue weighted by molar-refractivity contribution is -0.396. The Bertz CT molecular complexity index is 1040. The quantitative estimate of drug-likeness (QED) is 0.0561. The summed E-state index contributed by atoms with van der Waals surface area (Å²) in [5, 5.41) is 0. The molecule has 0 rings (SSSR count). The molecule has 0 saturated heterocycles. The zero-order valence-corrected chi connectivity index (χ0v) is 25.5. The first-order chi connectivity index (χ1) is 20.3. The molecule has 0 aromatic carbocycles. The van der Waals surface area contributed by atoms with Crippen molar-refractivity contribution < 1.29 is 117 Å². The molecule has 0 saturated carbocycles. The molecule has 4 N–H and O–H groups in total. The number of hydrogen-bond donors (Lipinski definition) is 4. The Kier molecular flexibility index (Phi) is 15.0. The second kappa shape index (κ2) is 15.1. The Balaban J connectivity index is 6.11. The third-order valence-electron chi connectivity index (χ3n) is 5.43. The Morgan fingerprint density at radius 1 is 0.468 bits per heavy atom. The number of phosphoric ester groups is 2. The molecule has 0 aliphatic carbocycles. The van der Waals surface area contributed by atoms with Crippen LogP contribution in [0.25, 0.3) is 0 Å². The highest BCUT2D eigenvalue weighted by Gasteiger charge is 2.82. The van der Waals surface area contributed by atoms with Crippen LogP contribution in [0.5, 0.6) is 0 Å². The van der Waals surface area contributed by atoms with E-state index in [1.165, 1.54) is 0 Å². The van der Waals surface area contributed by atoms with Gasteiger partial charge in [0.15, 0.2) is 0 Å². The lowest BCUT2D eigenvalue weighted by atomic mass is 9.96. The summed E-state index contributed by atoms with van der Waals surface area (Å²) in [6.45, 7) is -3.18. The average Bonchev–Trinajstić information content (AvgIpc) is 2.83. The zero-order chi connectivity index (χ0) is 38.0. The van der Waals surface area contributed by atoms with Crippen molar-refractivity contribution in [2.24, 2.45) is 5.41 Å². The predicted molar refractivity (Wildman–Crippen MR) is 124 cm³/mol. The molecule has 8 nitrogen and oxygen atoms in total. The zero-order valence-electron chi connectivity index (χ0n) is 22.1. The van der Waals surface area contributed by atoms with Crippen LogP contribution in [0.3, 0.4) is 0 Å². The lowest BCUT2D eigenvalue weighted by Gasteiger charge is -2.35. The van der Waals surface area contributed by atoms with E-state index in [2.05, 4.69) is 9.05 Å². The molecule has 0 aromatic heterocycles. The van der Waals surface area contributed by atoms with E-state index >= 15 is 0 Å². The summed E-state index contributed by atoms with van der Waals surface area (Å²) in [4.78, 5) is 35.7. The van der Waals surface area contributed by atoms with E-state index in [0.717, 1.165) is 0 Å². The SMILES string of the molecule is O=P(O)(O)OCC(COP(=O)(O)O)(CSCCC(F)(F)C(F)(F)C(F)(F)C(F)(F)F)CSCCC(F)(F)C(F)(F)C(F)(F)C(F)(F)F. The van der Waals surface area contributed by atoms with Crippen LogP contribution in [0.15, 0.2) is 0 Å². The van der Waals surface area contributed by atoms with E-state index in [-0.39, 0.29) is 23.5 Å². The molecule has 284 valence electrons. The van der Waals surface area contributed by atoms with Crippen LogP contribution in [-0.2, 0) is 18.2 Å². The van der Waals surface area contributed by atoms with Gasteiger partial charge >= 0.3 is 63.5 Å². The van der Waals surface area contributed by atoms with Crippen molar-refractivity contribution in [3.05, 3.63) is 0 Å². The Morgan fingerprint density at radius 2 is 0.723 bits per heavy atom. The average molecular weight is 820 g/mol. The molecular formula is C17H20F18O8P2S2. The molecule has 0 aromatic rings. The Morgan fingerprint density at radius 3 is 0.936 bits per heavy atom. The van der Waals surface area contributed by atoms with Crippen LogP contribution in [0.2, 0.25) is 0 Å².